The van der Waals surface area contributed by atoms with Gasteiger partial charge in [0, 0.05) is 37.5 Å². The highest BCUT2D eigenvalue weighted by Gasteiger charge is 2.29. The summed E-state index contributed by atoms with van der Waals surface area (Å²) >= 11 is 4.77. The van der Waals surface area contributed by atoms with Crippen molar-refractivity contribution in [2.45, 2.75) is 30.9 Å². The molecule has 1 unspecified atom stereocenters. The van der Waals surface area contributed by atoms with E-state index < -0.39 is 0 Å². The molecule has 2 aromatic heterocycles. The highest BCUT2D eigenvalue weighted by atomic mass is 32.1. The molecule has 1 saturated heterocycles. The Balaban J connectivity index is 1.31. The lowest BCUT2D eigenvalue weighted by molar-refractivity contribution is 0.0676. The van der Waals surface area contributed by atoms with Gasteiger partial charge >= 0.3 is 0 Å². The van der Waals surface area contributed by atoms with Crippen LogP contribution < -0.4 is 4.74 Å². The first kappa shape index (κ1) is 23.0. The molecule has 3 aromatic rings. The molecule has 6 heteroatoms. The van der Waals surface area contributed by atoms with E-state index >= 15 is 0 Å². The molecule has 3 atom stereocenters. The van der Waals surface area contributed by atoms with Gasteiger partial charge in [-0.25, -0.2) is 0 Å². The lowest BCUT2D eigenvalue weighted by atomic mass is 9.82. The van der Waals surface area contributed by atoms with Crippen LogP contribution >= 0.6 is 12.6 Å². The smallest absolute Gasteiger partial charge is 0.119 e. The van der Waals surface area contributed by atoms with E-state index in [4.69, 9.17) is 17.4 Å². The maximum atomic E-state index is 10.1. The van der Waals surface area contributed by atoms with Crippen molar-refractivity contribution >= 4 is 23.5 Å². The Labute approximate surface area is 196 Å². The van der Waals surface area contributed by atoms with Crippen LogP contribution in [-0.2, 0) is 6.42 Å². The zero-order chi connectivity index (χ0) is 22.3. The molecule has 0 saturated carbocycles. The van der Waals surface area contributed by atoms with Gasteiger partial charge in [-0.15, -0.1) is 0 Å². The van der Waals surface area contributed by atoms with Crippen molar-refractivity contribution in [2.75, 3.05) is 33.4 Å². The van der Waals surface area contributed by atoms with Gasteiger partial charge in [0.25, 0.3) is 0 Å². The first-order valence-corrected chi connectivity index (χ1v) is 12.0. The van der Waals surface area contributed by atoms with Crippen molar-refractivity contribution in [1.82, 2.24) is 14.9 Å². The molecule has 1 aromatic carbocycles. The Hall–Kier alpha value is -2.15. The van der Waals surface area contributed by atoms with Crippen molar-refractivity contribution in [3.8, 4) is 5.75 Å². The largest absolute Gasteiger partial charge is 0.497 e. The summed E-state index contributed by atoms with van der Waals surface area (Å²) in [6.07, 6.45) is 8.11. The van der Waals surface area contributed by atoms with Crippen molar-refractivity contribution in [3.05, 3.63) is 66.1 Å². The Kier molecular flexibility index (Phi) is 8.00. The Morgan fingerprint density at radius 3 is 2.84 bits per heavy atom. The third-order valence-electron chi connectivity index (χ3n) is 6.73. The SMILES string of the molecule is COc1ccc2nccc(CCC[C@@H]3CCN(CC(S)c4ccccn4)C[C@@H]3CO)c2c1. The Morgan fingerprint density at radius 1 is 1.16 bits per heavy atom. The van der Waals surface area contributed by atoms with Crippen molar-refractivity contribution < 1.29 is 9.84 Å². The predicted octanol–water partition coefficient (Wildman–Crippen LogP) is 4.56. The van der Waals surface area contributed by atoms with Crippen LogP contribution in [0.4, 0.5) is 0 Å². The third kappa shape index (κ3) is 5.61. The number of likely N-dealkylation sites (tertiary alicyclic amines) is 1. The number of nitrogens with zero attached hydrogens (tertiary/aromatic N) is 3. The number of aromatic nitrogens is 2. The third-order valence-corrected chi connectivity index (χ3v) is 7.16. The van der Waals surface area contributed by atoms with Gasteiger partial charge in [-0.3, -0.25) is 9.97 Å². The van der Waals surface area contributed by atoms with Gasteiger partial charge in [-0.05, 0) is 86.0 Å². The molecule has 0 spiro atoms. The molecule has 170 valence electrons. The fourth-order valence-electron chi connectivity index (χ4n) is 4.90. The maximum Gasteiger partial charge on any atom is 0.119 e. The van der Waals surface area contributed by atoms with E-state index in [-0.39, 0.29) is 11.9 Å². The van der Waals surface area contributed by atoms with E-state index in [9.17, 15) is 5.11 Å². The molecule has 0 bridgehead atoms. The van der Waals surface area contributed by atoms with Crippen LogP contribution in [-0.4, -0.2) is 53.3 Å². The highest BCUT2D eigenvalue weighted by Crippen LogP contribution is 2.31. The van der Waals surface area contributed by atoms with Crippen LogP contribution in [0.15, 0.2) is 54.9 Å². The number of thiol groups is 1. The van der Waals surface area contributed by atoms with E-state index in [1.54, 1.807) is 7.11 Å². The van der Waals surface area contributed by atoms with Gasteiger partial charge in [0.1, 0.15) is 5.75 Å². The number of pyridine rings is 2. The summed E-state index contributed by atoms with van der Waals surface area (Å²) in [7, 11) is 1.70. The number of hydrogen-bond acceptors (Lipinski definition) is 6. The molecule has 0 radical (unpaired) electrons. The van der Waals surface area contributed by atoms with Crippen molar-refractivity contribution in [1.29, 1.82) is 0 Å². The predicted molar refractivity (Wildman–Crippen MR) is 132 cm³/mol. The second-order valence-electron chi connectivity index (χ2n) is 8.77. The molecule has 1 N–H and O–H groups in total. The second kappa shape index (κ2) is 11.1. The molecule has 32 heavy (non-hydrogen) atoms. The van der Waals surface area contributed by atoms with Crippen molar-refractivity contribution in [2.24, 2.45) is 11.8 Å². The highest BCUT2D eigenvalue weighted by molar-refractivity contribution is 7.80. The number of aliphatic hydroxyl groups excluding tert-OH is 1. The molecule has 4 rings (SSSR count). The molecule has 1 fully saturated rings. The molecule has 1 aliphatic rings. The number of fused-ring (bicyclic) bond motifs is 1. The minimum Gasteiger partial charge on any atom is -0.497 e. The van der Waals surface area contributed by atoms with Crippen LogP contribution in [0, 0.1) is 11.8 Å². The van der Waals surface area contributed by atoms with Crippen LogP contribution in [0.1, 0.15) is 35.8 Å². The first-order chi connectivity index (χ1) is 15.7. The number of benzene rings is 1. The van der Waals surface area contributed by atoms with Crippen LogP contribution in [0.5, 0.6) is 5.75 Å². The van der Waals surface area contributed by atoms with E-state index in [0.29, 0.717) is 11.8 Å². The number of methoxy groups -OCH3 is 1. The topological polar surface area (TPSA) is 58.5 Å². The first-order valence-electron chi connectivity index (χ1n) is 11.5. The lowest BCUT2D eigenvalue weighted by Crippen LogP contribution is -2.43. The maximum absolute atomic E-state index is 10.1. The quantitative estimate of drug-likeness (QED) is 0.467. The average Bonchev–Trinajstić information content (AvgIpc) is 2.85. The average molecular weight is 452 g/mol. The summed E-state index contributed by atoms with van der Waals surface area (Å²) in [4.78, 5) is 11.4. The van der Waals surface area contributed by atoms with Crippen molar-refractivity contribution in [3.63, 3.8) is 0 Å². The van der Waals surface area contributed by atoms with E-state index in [2.05, 4.69) is 27.0 Å². The molecule has 3 heterocycles. The zero-order valence-corrected chi connectivity index (χ0v) is 19.6. The molecular weight excluding hydrogens is 418 g/mol. The van der Waals surface area contributed by atoms with Gasteiger partial charge in [-0.1, -0.05) is 6.07 Å². The van der Waals surface area contributed by atoms with E-state index in [0.717, 1.165) is 62.3 Å². The van der Waals surface area contributed by atoms with E-state index in [1.807, 2.05) is 42.7 Å². The second-order valence-corrected chi connectivity index (χ2v) is 9.39. The fourth-order valence-corrected chi connectivity index (χ4v) is 5.29. The summed E-state index contributed by atoms with van der Waals surface area (Å²) in [5.41, 5.74) is 3.35. The number of ether oxygens (including phenoxy) is 1. The summed E-state index contributed by atoms with van der Waals surface area (Å²) in [5.74, 6) is 1.75. The molecular formula is C26H33N3O2S. The molecule has 1 aliphatic heterocycles. The van der Waals surface area contributed by atoms with Crippen LogP contribution in [0.3, 0.4) is 0 Å². The molecule has 0 aliphatic carbocycles. The van der Waals surface area contributed by atoms with Gasteiger partial charge in [0.15, 0.2) is 0 Å². The van der Waals surface area contributed by atoms with Gasteiger partial charge < -0.3 is 14.7 Å². The van der Waals surface area contributed by atoms with Crippen LogP contribution in [0.2, 0.25) is 0 Å². The Morgan fingerprint density at radius 2 is 2.06 bits per heavy atom. The molecule has 0 amide bonds. The Bertz CT molecular complexity index is 1000. The lowest BCUT2D eigenvalue weighted by Gasteiger charge is -2.38. The number of piperidine rings is 1. The number of hydrogen-bond donors (Lipinski definition) is 2. The summed E-state index contributed by atoms with van der Waals surface area (Å²) in [6.45, 7) is 3.10. The van der Waals surface area contributed by atoms with E-state index in [1.165, 1.54) is 10.9 Å². The van der Waals surface area contributed by atoms with Gasteiger partial charge in [0.2, 0.25) is 0 Å². The number of rotatable bonds is 9. The number of aliphatic hydroxyl groups is 1. The van der Waals surface area contributed by atoms with Crippen LogP contribution in [0.25, 0.3) is 10.9 Å². The standard InChI is InChI=1S/C26H33N3O2S/c1-31-22-8-9-24-23(15-22)20(10-13-28-24)6-4-5-19-11-14-29(16-21(19)18-30)17-26(32)25-7-2-3-12-27-25/h2-3,7-10,12-13,15,19,21,26,30,32H,4-6,11,14,16-18H2,1H3/t19-,21-,26?/m1/s1. The summed E-state index contributed by atoms with van der Waals surface area (Å²) in [5, 5.41) is 11.3. The number of aryl methyl sites for hydroxylation is 1. The van der Waals surface area contributed by atoms with Gasteiger partial charge in [0.05, 0.1) is 23.6 Å². The molecule has 5 nitrogen and oxygen atoms in total. The monoisotopic (exact) mass is 451 g/mol. The zero-order valence-electron chi connectivity index (χ0n) is 18.7. The summed E-state index contributed by atoms with van der Waals surface area (Å²) < 4.78 is 5.40. The normalized spacial score (nSPS) is 20.3. The minimum atomic E-state index is 0.101. The fraction of sp³-hybridized carbons (Fsp3) is 0.462. The minimum absolute atomic E-state index is 0.101. The van der Waals surface area contributed by atoms with Gasteiger partial charge in [-0.2, -0.15) is 12.6 Å². The summed E-state index contributed by atoms with van der Waals surface area (Å²) in [6, 6.07) is 14.2.